The second kappa shape index (κ2) is 3.97. The molecule has 1 saturated carbocycles. The van der Waals surface area contributed by atoms with E-state index in [1.807, 2.05) is 10.9 Å². The van der Waals surface area contributed by atoms with Crippen molar-refractivity contribution in [1.29, 1.82) is 0 Å². The highest BCUT2D eigenvalue weighted by molar-refractivity contribution is 5.14. The van der Waals surface area contributed by atoms with Gasteiger partial charge in [-0.05, 0) is 51.1 Å². The molecule has 15 heavy (non-hydrogen) atoms. The highest BCUT2D eigenvalue weighted by Crippen LogP contribution is 2.51. The van der Waals surface area contributed by atoms with E-state index in [-0.39, 0.29) is 0 Å². The molecular formula is C12H21N3. The third-order valence-electron chi connectivity index (χ3n) is 3.81. The zero-order valence-corrected chi connectivity index (χ0v) is 9.95. The molecule has 1 heterocycles. The Morgan fingerprint density at radius 1 is 1.60 bits per heavy atom. The summed E-state index contributed by atoms with van der Waals surface area (Å²) in [6, 6.07) is 0.613. The predicted octanol–water partition coefficient (Wildman–Crippen LogP) is 1.83. The van der Waals surface area contributed by atoms with Gasteiger partial charge in [-0.2, -0.15) is 5.10 Å². The summed E-state index contributed by atoms with van der Waals surface area (Å²) in [6.45, 7) is 5.38. The van der Waals surface area contributed by atoms with Gasteiger partial charge in [0.1, 0.15) is 0 Å². The van der Waals surface area contributed by atoms with Gasteiger partial charge >= 0.3 is 0 Å². The second-order valence-corrected chi connectivity index (χ2v) is 4.75. The monoisotopic (exact) mass is 207 g/mol. The topological polar surface area (TPSA) is 29.9 Å². The van der Waals surface area contributed by atoms with Crippen molar-refractivity contribution in [3.63, 3.8) is 0 Å². The molecule has 1 unspecified atom stereocenters. The molecular weight excluding hydrogens is 186 g/mol. The maximum absolute atomic E-state index is 4.33. The highest BCUT2D eigenvalue weighted by Gasteiger charge is 2.46. The Morgan fingerprint density at radius 2 is 2.33 bits per heavy atom. The molecule has 3 nitrogen and oxygen atoms in total. The molecule has 1 aliphatic carbocycles. The standard InChI is InChI=1S/C12H21N3/c1-4-15-9-11(8-14-15)7-12(5-6-12)10(2)13-3/h8-10,13H,4-7H2,1-3H3. The number of rotatable bonds is 5. The smallest absolute Gasteiger partial charge is 0.0521 e. The highest BCUT2D eigenvalue weighted by atomic mass is 15.3. The van der Waals surface area contributed by atoms with Gasteiger partial charge in [-0.15, -0.1) is 0 Å². The lowest BCUT2D eigenvalue weighted by Gasteiger charge is -2.22. The molecule has 0 aliphatic heterocycles. The zero-order valence-electron chi connectivity index (χ0n) is 9.95. The average molecular weight is 207 g/mol. The van der Waals surface area contributed by atoms with Gasteiger partial charge < -0.3 is 5.32 Å². The molecule has 0 spiro atoms. The first-order chi connectivity index (χ1) is 7.20. The summed E-state index contributed by atoms with van der Waals surface area (Å²) in [5.74, 6) is 0. The van der Waals surface area contributed by atoms with Crippen molar-refractivity contribution >= 4 is 0 Å². The summed E-state index contributed by atoms with van der Waals surface area (Å²) in [6.07, 6.45) is 8.09. The van der Waals surface area contributed by atoms with Crippen LogP contribution in [0.3, 0.4) is 0 Å². The van der Waals surface area contributed by atoms with Crippen LogP contribution in [0.4, 0.5) is 0 Å². The van der Waals surface area contributed by atoms with E-state index in [0.29, 0.717) is 11.5 Å². The van der Waals surface area contributed by atoms with Crippen LogP contribution in [0.5, 0.6) is 0 Å². The first-order valence-corrected chi connectivity index (χ1v) is 5.89. The number of aromatic nitrogens is 2. The number of hydrogen-bond donors (Lipinski definition) is 1. The van der Waals surface area contributed by atoms with E-state index in [1.54, 1.807) is 0 Å². The molecule has 1 aromatic heterocycles. The van der Waals surface area contributed by atoms with Gasteiger partial charge in [0.2, 0.25) is 0 Å². The Morgan fingerprint density at radius 3 is 2.80 bits per heavy atom. The van der Waals surface area contributed by atoms with Crippen molar-refractivity contribution in [1.82, 2.24) is 15.1 Å². The maximum Gasteiger partial charge on any atom is 0.0521 e. The third-order valence-corrected chi connectivity index (χ3v) is 3.81. The fourth-order valence-electron chi connectivity index (χ4n) is 2.31. The van der Waals surface area contributed by atoms with Gasteiger partial charge in [0.05, 0.1) is 6.20 Å². The summed E-state index contributed by atoms with van der Waals surface area (Å²) in [7, 11) is 2.06. The van der Waals surface area contributed by atoms with Gasteiger partial charge in [-0.3, -0.25) is 4.68 Å². The molecule has 1 aromatic rings. The van der Waals surface area contributed by atoms with E-state index in [9.17, 15) is 0 Å². The van der Waals surface area contributed by atoms with Crippen LogP contribution in [0.2, 0.25) is 0 Å². The van der Waals surface area contributed by atoms with E-state index in [2.05, 4.69) is 37.5 Å². The Bertz CT molecular complexity index is 325. The Hall–Kier alpha value is -0.830. The molecule has 84 valence electrons. The summed E-state index contributed by atoms with van der Waals surface area (Å²) in [5, 5.41) is 7.71. The Kier molecular flexibility index (Phi) is 2.83. The molecule has 1 atom stereocenters. The van der Waals surface area contributed by atoms with Crippen LogP contribution in [0.15, 0.2) is 12.4 Å². The molecule has 1 aliphatic rings. The molecule has 1 fully saturated rings. The number of nitrogens with one attached hydrogen (secondary N) is 1. The minimum absolute atomic E-state index is 0.510. The van der Waals surface area contributed by atoms with Crippen molar-refractivity contribution in [2.24, 2.45) is 5.41 Å². The van der Waals surface area contributed by atoms with E-state index in [4.69, 9.17) is 0 Å². The lowest BCUT2D eigenvalue weighted by molar-refractivity contribution is 0.369. The number of hydrogen-bond acceptors (Lipinski definition) is 2. The summed E-state index contributed by atoms with van der Waals surface area (Å²) in [4.78, 5) is 0. The maximum atomic E-state index is 4.33. The zero-order chi connectivity index (χ0) is 10.9. The van der Waals surface area contributed by atoms with Gasteiger partial charge in [0, 0.05) is 18.8 Å². The minimum atomic E-state index is 0.510. The SMILES string of the molecule is CCn1cc(CC2(C(C)NC)CC2)cn1. The summed E-state index contributed by atoms with van der Waals surface area (Å²) < 4.78 is 2.01. The third kappa shape index (κ3) is 2.07. The predicted molar refractivity (Wildman–Crippen MR) is 61.8 cm³/mol. The van der Waals surface area contributed by atoms with E-state index < -0.39 is 0 Å². The fraction of sp³-hybridized carbons (Fsp3) is 0.750. The summed E-state index contributed by atoms with van der Waals surface area (Å²) in [5.41, 5.74) is 1.90. The van der Waals surface area contributed by atoms with E-state index in [0.717, 1.165) is 6.54 Å². The molecule has 0 radical (unpaired) electrons. The van der Waals surface area contributed by atoms with Crippen LogP contribution < -0.4 is 5.32 Å². The minimum Gasteiger partial charge on any atom is -0.317 e. The van der Waals surface area contributed by atoms with Crippen LogP contribution in [0, 0.1) is 5.41 Å². The molecule has 2 rings (SSSR count). The number of nitrogens with zero attached hydrogens (tertiary/aromatic N) is 2. The molecule has 0 bridgehead atoms. The fourth-order valence-corrected chi connectivity index (χ4v) is 2.31. The van der Waals surface area contributed by atoms with Crippen LogP contribution >= 0.6 is 0 Å². The second-order valence-electron chi connectivity index (χ2n) is 4.75. The molecule has 0 amide bonds. The van der Waals surface area contributed by atoms with Gasteiger partial charge in [-0.25, -0.2) is 0 Å². The van der Waals surface area contributed by atoms with Crippen LogP contribution in [-0.4, -0.2) is 22.9 Å². The average Bonchev–Trinajstić information content (AvgIpc) is 2.89. The Labute approximate surface area is 91.9 Å². The summed E-state index contributed by atoms with van der Waals surface area (Å²) >= 11 is 0. The number of aryl methyl sites for hydroxylation is 1. The van der Waals surface area contributed by atoms with Crippen molar-refractivity contribution in [3.05, 3.63) is 18.0 Å². The van der Waals surface area contributed by atoms with Crippen LogP contribution in [0.1, 0.15) is 32.3 Å². The van der Waals surface area contributed by atoms with E-state index >= 15 is 0 Å². The van der Waals surface area contributed by atoms with Crippen LogP contribution in [0.25, 0.3) is 0 Å². The lowest BCUT2D eigenvalue weighted by Crippen LogP contribution is -2.33. The van der Waals surface area contributed by atoms with Crippen molar-refractivity contribution in [3.8, 4) is 0 Å². The molecule has 1 N–H and O–H groups in total. The van der Waals surface area contributed by atoms with Crippen molar-refractivity contribution < 1.29 is 0 Å². The Balaban J connectivity index is 2.02. The quantitative estimate of drug-likeness (QED) is 0.798. The molecule has 0 saturated heterocycles. The normalized spacial score (nSPS) is 20.2. The first-order valence-electron chi connectivity index (χ1n) is 5.89. The lowest BCUT2D eigenvalue weighted by atomic mass is 9.91. The van der Waals surface area contributed by atoms with Gasteiger partial charge in [0.15, 0.2) is 0 Å². The van der Waals surface area contributed by atoms with Crippen LogP contribution in [-0.2, 0) is 13.0 Å². The van der Waals surface area contributed by atoms with Crippen molar-refractivity contribution in [2.45, 2.75) is 45.7 Å². The molecule has 3 heteroatoms. The van der Waals surface area contributed by atoms with Gasteiger partial charge in [-0.1, -0.05) is 0 Å². The largest absolute Gasteiger partial charge is 0.317 e. The van der Waals surface area contributed by atoms with Gasteiger partial charge in [0.25, 0.3) is 0 Å². The van der Waals surface area contributed by atoms with E-state index in [1.165, 1.54) is 24.8 Å². The van der Waals surface area contributed by atoms with Crippen molar-refractivity contribution in [2.75, 3.05) is 7.05 Å². The molecule has 0 aromatic carbocycles. The first kappa shape index (κ1) is 10.7.